The number of hydrogen-bond donors (Lipinski definition) is 2. The van der Waals surface area contributed by atoms with Crippen molar-refractivity contribution in [1.29, 1.82) is 0 Å². The minimum absolute atomic E-state index is 0. The van der Waals surface area contributed by atoms with E-state index in [1.165, 1.54) is 0 Å². The second-order valence-corrected chi connectivity index (χ2v) is 6.04. The molecule has 0 fully saturated rings. The van der Waals surface area contributed by atoms with E-state index in [9.17, 15) is 0 Å². The highest BCUT2D eigenvalue weighted by Crippen LogP contribution is 2.15. The van der Waals surface area contributed by atoms with Gasteiger partial charge in [0.05, 0.1) is 5.69 Å². The summed E-state index contributed by atoms with van der Waals surface area (Å²) in [5.74, 6) is 3.28. The molecule has 0 atom stereocenters. The molecule has 0 unspecified atom stereocenters. The average Bonchev–Trinajstić information content (AvgIpc) is 3.24. The Labute approximate surface area is 171 Å². The average molecular weight is 476 g/mol. The van der Waals surface area contributed by atoms with Crippen LogP contribution >= 0.6 is 24.0 Å². The molecule has 8 nitrogen and oxygen atoms in total. The van der Waals surface area contributed by atoms with Gasteiger partial charge in [-0.05, 0) is 6.42 Å². The molecular weight excluding hydrogens is 447 g/mol. The maximum Gasteiger partial charge on any atom is 0.228 e. The summed E-state index contributed by atoms with van der Waals surface area (Å²) in [6.45, 7) is 9.50. The molecule has 26 heavy (non-hydrogen) atoms. The highest BCUT2D eigenvalue weighted by molar-refractivity contribution is 14.0. The molecule has 0 aliphatic rings. The van der Waals surface area contributed by atoms with E-state index in [0.29, 0.717) is 31.4 Å². The number of aromatic nitrogens is 3. The quantitative estimate of drug-likeness (QED) is 0.343. The Morgan fingerprint density at radius 1 is 1.12 bits per heavy atom. The normalized spacial score (nSPS) is 11.5. The van der Waals surface area contributed by atoms with E-state index in [1.54, 1.807) is 7.05 Å². The van der Waals surface area contributed by atoms with Crippen LogP contribution in [-0.4, -0.2) is 34.8 Å². The van der Waals surface area contributed by atoms with Crippen molar-refractivity contribution in [3.63, 3.8) is 0 Å². The van der Waals surface area contributed by atoms with Crippen LogP contribution in [0.1, 0.15) is 62.3 Å². The fourth-order valence-electron chi connectivity index (χ4n) is 2.42. The largest absolute Gasteiger partial charge is 0.361 e. The molecule has 9 heteroatoms. The maximum atomic E-state index is 5.38. The maximum absolute atomic E-state index is 5.38. The van der Waals surface area contributed by atoms with Gasteiger partial charge in [0.15, 0.2) is 11.8 Å². The van der Waals surface area contributed by atoms with Gasteiger partial charge >= 0.3 is 0 Å². The van der Waals surface area contributed by atoms with Crippen molar-refractivity contribution in [2.45, 2.75) is 59.4 Å². The van der Waals surface area contributed by atoms with Crippen LogP contribution in [0.2, 0.25) is 0 Å². The van der Waals surface area contributed by atoms with Crippen molar-refractivity contribution < 1.29 is 9.05 Å². The summed E-state index contributed by atoms with van der Waals surface area (Å²) in [4.78, 5) is 8.61. The van der Waals surface area contributed by atoms with Crippen LogP contribution in [0.15, 0.2) is 14.0 Å². The van der Waals surface area contributed by atoms with Crippen molar-refractivity contribution in [2.75, 3.05) is 13.6 Å². The fourth-order valence-corrected chi connectivity index (χ4v) is 2.42. The van der Waals surface area contributed by atoms with Crippen LogP contribution in [0, 0.1) is 0 Å². The van der Waals surface area contributed by atoms with Crippen molar-refractivity contribution in [2.24, 2.45) is 4.99 Å². The fraction of sp³-hybridized carbons (Fsp3) is 0.647. The number of halogens is 1. The van der Waals surface area contributed by atoms with Gasteiger partial charge in [-0.1, -0.05) is 38.0 Å². The van der Waals surface area contributed by atoms with E-state index >= 15 is 0 Å². The Kier molecular flexibility index (Phi) is 9.60. The van der Waals surface area contributed by atoms with Gasteiger partial charge in [-0.2, -0.15) is 4.98 Å². The highest BCUT2D eigenvalue weighted by atomic mass is 127. The summed E-state index contributed by atoms with van der Waals surface area (Å²) in [5.41, 5.74) is 2.11. The summed E-state index contributed by atoms with van der Waals surface area (Å²) >= 11 is 0. The number of rotatable bonds is 8. The zero-order valence-corrected chi connectivity index (χ0v) is 18.5. The monoisotopic (exact) mass is 476 g/mol. The van der Waals surface area contributed by atoms with Gasteiger partial charge in [0.1, 0.15) is 5.76 Å². The molecule has 0 spiro atoms. The summed E-state index contributed by atoms with van der Waals surface area (Å²) < 4.78 is 10.6. The lowest BCUT2D eigenvalue weighted by atomic mass is 10.1. The van der Waals surface area contributed by atoms with E-state index in [4.69, 9.17) is 9.05 Å². The van der Waals surface area contributed by atoms with E-state index in [-0.39, 0.29) is 29.9 Å². The second kappa shape index (κ2) is 11.1. The van der Waals surface area contributed by atoms with E-state index in [2.05, 4.69) is 44.8 Å². The van der Waals surface area contributed by atoms with Crippen LogP contribution in [0.5, 0.6) is 0 Å². The Bertz CT molecular complexity index is 674. The molecule has 2 rings (SSSR count). The van der Waals surface area contributed by atoms with Gasteiger partial charge in [-0.3, -0.25) is 4.99 Å². The molecule has 2 heterocycles. The first kappa shape index (κ1) is 22.4. The van der Waals surface area contributed by atoms with Crippen molar-refractivity contribution >= 4 is 29.9 Å². The van der Waals surface area contributed by atoms with Crippen molar-refractivity contribution in [3.8, 4) is 0 Å². The zero-order valence-electron chi connectivity index (χ0n) is 16.1. The highest BCUT2D eigenvalue weighted by Gasteiger charge is 2.14. The second-order valence-electron chi connectivity index (χ2n) is 6.04. The van der Waals surface area contributed by atoms with Gasteiger partial charge < -0.3 is 19.7 Å². The minimum atomic E-state index is 0. The Hall–Kier alpha value is -1.65. The first-order valence-corrected chi connectivity index (χ1v) is 8.82. The molecule has 146 valence electrons. The third-order valence-corrected chi connectivity index (χ3v) is 3.89. The van der Waals surface area contributed by atoms with E-state index < -0.39 is 0 Å². The number of nitrogens with one attached hydrogen (secondary N) is 2. The first-order valence-electron chi connectivity index (χ1n) is 8.82. The summed E-state index contributed by atoms with van der Waals surface area (Å²) in [7, 11) is 1.74. The molecule has 2 aromatic rings. The molecule has 0 radical (unpaired) electrons. The zero-order chi connectivity index (χ0) is 18.2. The summed E-state index contributed by atoms with van der Waals surface area (Å²) in [5, 5.41) is 14.6. The third-order valence-electron chi connectivity index (χ3n) is 3.89. The number of nitrogens with zero attached hydrogens (tertiary/aromatic N) is 4. The number of guanidine groups is 1. The molecule has 0 saturated carbocycles. The van der Waals surface area contributed by atoms with Crippen LogP contribution < -0.4 is 10.6 Å². The van der Waals surface area contributed by atoms with Crippen molar-refractivity contribution in [1.82, 2.24) is 25.9 Å². The molecule has 0 aromatic carbocycles. The molecule has 2 aromatic heterocycles. The Morgan fingerprint density at radius 3 is 2.46 bits per heavy atom. The predicted molar refractivity (Wildman–Crippen MR) is 111 cm³/mol. The molecule has 0 aliphatic heterocycles. The van der Waals surface area contributed by atoms with Gasteiger partial charge in [-0.25, -0.2) is 0 Å². The molecule has 0 amide bonds. The van der Waals surface area contributed by atoms with Gasteiger partial charge in [0.2, 0.25) is 5.89 Å². The summed E-state index contributed by atoms with van der Waals surface area (Å²) in [6.07, 6.45) is 2.32. The lowest BCUT2D eigenvalue weighted by molar-refractivity contribution is 0.371. The smallest absolute Gasteiger partial charge is 0.228 e. The Balaban J connectivity index is 0.00000338. The van der Waals surface area contributed by atoms with E-state index in [0.717, 1.165) is 35.7 Å². The van der Waals surface area contributed by atoms with Crippen molar-refractivity contribution in [3.05, 3.63) is 28.7 Å². The number of hydrogen-bond acceptors (Lipinski definition) is 6. The van der Waals surface area contributed by atoms with Crippen LogP contribution in [0.25, 0.3) is 0 Å². The van der Waals surface area contributed by atoms with Gasteiger partial charge in [0.25, 0.3) is 0 Å². The lowest BCUT2D eigenvalue weighted by Gasteiger charge is -2.11. The molecule has 2 N–H and O–H groups in total. The SMILES string of the molecule is CCc1noc(CC)c1CNC(=NC)NCCc1nc(C(C)C)no1.I. The Morgan fingerprint density at radius 2 is 1.88 bits per heavy atom. The lowest BCUT2D eigenvalue weighted by Crippen LogP contribution is -2.38. The topological polar surface area (TPSA) is 101 Å². The predicted octanol–water partition coefficient (Wildman–Crippen LogP) is 2.83. The van der Waals surface area contributed by atoms with Gasteiger partial charge in [0, 0.05) is 44.5 Å². The number of aryl methyl sites for hydroxylation is 2. The first-order chi connectivity index (χ1) is 12.1. The van der Waals surface area contributed by atoms with Crippen LogP contribution in [0.3, 0.4) is 0 Å². The van der Waals surface area contributed by atoms with Gasteiger partial charge in [-0.15, -0.1) is 24.0 Å². The number of aliphatic imine (C=N–C) groups is 1. The molecule has 0 bridgehead atoms. The van der Waals surface area contributed by atoms with E-state index in [1.807, 2.05) is 13.8 Å². The van der Waals surface area contributed by atoms with Crippen LogP contribution in [-0.2, 0) is 25.8 Å². The molecule has 0 saturated heterocycles. The minimum Gasteiger partial charge on any atom is -0.361 e. The third kappa shape index (κ3) is 5.96. The summed E-state index contributed by atoms with van der Waals surface area (Å²) in [6, 6.07) is 0. The standard InChI is InChI=1S/C17H28N6O2.HI/c1-6-13-12(14(7-2)24-22-13)10-20-17(18-5)19-9-8-15-21-16(11(3)4)23-25-15;/h11H,6-10H2,1-5H3,(H2,18,19,20);1H. The van der Waals surface area contributed by atoms with Crippen LogP contribution in [0.4, 0.5) is 0 Å². The molecule has 0 aliphatic carbocycles. The molecular formula is C17H29IN6O2.